The van der Waals surface area contributed by atoms with Crippen LogP contribution in [0.15, 0.2) is 29.4 Å². The summed E-state index contributed by atoms with van der Waals surface area (Å²) in [7, 11) is 0. The number of hydrogen-bond acceptors (Lipinski definition) is 5. The molecule has 21 heavy (non-hydrogen) atoms. The van der Waals surface area contributed by atoms with Crippen molar-refractivity contribution in [3.8, 4) is 5.75 Å². The maximum absolute atomic E-state index is 11.8. The fourth-order valence-electron chi connectivity index (χ4n) is 1.63. The van der Waals surface area contributed by atoms with E-state index < -0.39 is 0 Å². The van der Waals surface area contributed by atoms with E-state index in [0.717, 1.165) is 23.7 Å². The van der Waals surface area contributed by atoms with Crippen LogP contribution >= 0.6 is 11.8 Å². The Morgan fingerprint density at radius 3 is 2.71 bits per heavy atom. The van der Waals surface area contributed by atoms with Gasteiger partial charge in [0.1, 0.15) is 11.6 Å². The number of aryl methyl sites for hydroxylation is 1. The molecule has 2 aromatic rings. The van der Waals surface area contributed by atoms with Gasteiger partial charge in [-0.1, -0.05) is 18.7 Å². The number of anilines is 1. The summed E-state index contributed by atoms with van der Waals surface area (Å²) in [5.41, 5.74) is 0.744. The SMILES string of the molecule is CCOc1ccc(NC(=O)CSc2n[nH]c(CC)n2)cc1. The lowest BCUT2D eigenvalue weighted by Gasteiger charge is -2.06. The summed E-state index contributed by atoms with van der Waals surface area (Å²) in [4.78, 5) is 16.1. The molecule has 0 saturated heterocycles. The van der Waals surface area contributed by atoms with E-state index in [4.69, 9.17) is 4.74 Å². The van der Waals surface area contributed by atoms with Crippen LogP contribution < -0.4 is 10.1 Å². The third-order valence-electron chi connectivity index (χ3n) is 2.63. The molecule has 0 aliphatic heterocycles. The van der Waals surface area contributed by atoms with Gasteiger partial charge in [0.25, 0.3) is 0 Å². The van der Waals surface area contributed by atoms with Crippen LogP contribution in [0.1, 0.15) is 19.7 Å². The molecule has 0 spiro atoms. The van der Waals surface area contributed by atoms with Crippen molar-refractivity contribution in [3.63, 3.8) is 0 Å². The standard InChI is InChI=1S/C14H18N4O2S/c1-3-12-16-14(18-17-12)21-9-13(19)15-10-5-7-11(8-6-10)20-4-2/h5-8H,3-4,9H2,1-2H3,(H,15,19)(H,16,17,18). The summed E-state index contributed by atoms with van der Waals surface area (Å²) in [5.74, 6) is 1.79. The summed E-state index contributed by atoms with van der Waals surface area (Å²) >= 11 is 1.31. The normalized spacial score (nSPS) is 10.4. The zero-order valence-electron chi connectivity index (χ0n) is 12.0. The number of carbonyl (C=O) groups is 1. The minimum Gasteiger partial charge on any atom is -0.494 e. The number of hydrogen-bond donors (Lipinski definition) is 2. The summed E-state index contributed by atoms with van der Waals surface area (Å²) in [6, 6.07) is 7.29. The summed E-state index contributed by atoms with van der Waals surface area (Å²) in [5, 5.41) is 10.3. The number of nitrogens with zero attached hydrogens (tertiary/aromatic N) is 2. The van der Waals surface area contributed by atoms with Gasteiger partial charge >= 0.3 is 0 Å². The van der Waals surface area contributed by atoms with E-state index in [1.165, 1.54) is 11.8 Å². The Hall–Kier alpha value is -2.02. The zero-order valence-corrected chi connectivity index (χ0v) is 12.9. The van der Waals surface area contributed by atoms with Crippen molar-refractivity contribution in [1.82, 2.24) is 15.2 Å². The maximum Gasteiger partial charge on any atom is 0.234 e. The molecular formula is C14H18N4O2S. The van der Waals surface area contributed by atoms with E-state index in [-0.39, 0.29) is 11.7 Å². The lowest BCUT2D eigenvalue weighted by Crippen LogP contribution is -2.14. The number of benzene rings is 1. The Morgan fingerprint density at radius 2 is 2.10 bits per heavy atom. The number of H-pyrrole nitrogens is 1. The highest BCUT2D eigenvalue weighted by Gasteiger charge is 2.07. The van der Waals surface area contributed by atoms with Gasteiger partial charge in [0.2, 0.25) is 11.1 Å². The van der Waals surface area contributed by atoms with Gasteiger partial charge in [0, 0.05) is 12.1 Å². The number of ether oxygens (including phenoxy) is 1. The second kappa shape index (κ2) is 7.68. The van der Waals surface area contributed by atoms with Crippen molar-refractivity contribution in [3.05, 3.63) is 30.1 Å². The molecule has 112 valence electrons. The Balaban J connectivity index is 1.81. The number of rotatable bonds is 7. The van der Waals surface area contributed by atoms with E-state index >= 15 is 0 Å². The van der Waals surface area contributed by atoms with Crippen molar-refractivity contribution in [1.29, 1.82) is 0 Å². The first kappa shape index (κ1) is 15.4. The van der Waals surface area contributed by atoms with Gasteiger partial charge in [0.05, 0.1) is 12.4 Å². The van der Waals surface area contributed by atoms with Crippen LogP contribution in [0.3, 0.4) is 0 Å². The second-order valence-corrected chi connectivity index (χ2v) is 5.15. The molecule has 0 unspecified atom stereocenters. The third-order valence-corrected chi connectivity index (χ3v) is 3.47. The molecule has 2 N–H and O–H groups in total. The molecule has 1 amide bonds. The molecule has 0 aliphatic rings. The van der Waals surface area contributed by atoms with Crippen molar-refractivity contribution in [2.24, 2.45) is 0 Å². The minimum absolute atomic E-state index is 0.0907. The highest BCUT2D eigenvalue weighted by molar-refractivity contribution is 7.99. The average molecular weight is 306 g/mol. The highest BCUT2D eigenvalue weighted by atomic mass is 32.2. The minimum atomic E-state index is -0.0907. The first-order valence-electron chi connectivity index (χ1n) is 6.78. The van der Waals surface area contributed by atoms with Gasteiger partial charge in [-0.3, -0.25) is 9.89 Å². The molecule has 1 aromatic heterocycles. The number of thioether (sulfide) groups is 1. The van der Waals surface area contributed by atoms with E-state index in [9.17, 15) is 4.79 Å². The number of amides is 1. The topological polar surface area (TPSA) is 79.9 Å². The van der Waals surface area contributed by atoms with Crippen LogP contribution in [0.5, 0.6) is 5.75 Å². The summed E-state index contributed by atoms with van der Waals surface area (Å²) < 4.78 is 5.35. The van der Waals surface area contributed by atoms with Crippen molar-refractivity contribution in [2.45, 2.75) is 25.4 Å². The van der Waals surface area contributed by atoms with Crippen molar-refractivity contribution < 1.29 is 9.53 Å². The van der Waals surface area contributed by atoms with Crippen LogP contribution in [0.4, 0.5) is 5.69 Å². The highest BCUT2D eigenvalue weighted by Crippen LogP contribution is 2.17. The van der Waals surface area contributed by atoms with Crippen molar-refractivity contribution >= 4 is 23.4 Å². The third kappa shape index (κ3) is 4.78. The van der Waals surface area contributed by atoms with Crippen LogP contribution in [0.2, 0.25) is 0 Å². The summed E-state index contributed by atoms with van der Waals surface area (Å²) in [6.07, 6.45) is 0.798. The van der Waals surface area contributed by atoms with Gasteiger partial charge in [-0.05, 0) is 31.2 Å². The first-order chi connectivity index (χ1) is 10.2. The number of aromatic amines is 1. The van der Waals surface area contributed by atoms with Gasteiger partial charge in [-0.25, -0.2) is 4.98 Å². The second-order valence-electron chi connectivity index (χ2n) is 4.21. The Labute approximate surface area is 127 Å². The smallest absolute Gasteiger partial charge is 0.234 e. The van der Waals surface area contributed by atoms with E-state index in [2.05, 4.69) is 20.5 Å². The summed E-state index contributed by atoms with van der Waals surface area (Å²) in [6.45, 7) is 4.55. The molecule has 0 bridgehead atoms. The molecule has 0 saturated carbocycles. The van der Waals surface area contributed by atoms with Crippen molar-refractivity contribution in [2.75, 3.05) is 17.7 Å². The Bertz CT molecular complexity index is 583. The van der Waals surface area contributed by atoms with Crippen LogP contribution in [-0.2, 0) is 11.2 Å². The lowest BCUT2D eigenvalue weighted by atomic mass is 10.3. The molecule has 0 radical (unpaired) electrons. The lowest BCUT2D eigenvalue weighted by molar-refractivity contribution is -0.113. The molecule has 2 rings (SSSR count). The molecule has 1 heterocycles. The largest absolute Gasteiger partial charge is 0.494 e. The van der Waals surface area contributed by atoms with Crippen LogP contribution in [0.25, 0.3) is 0 Å². The molecule has 1 aromatic carbocycles. The van der Waals surface area contributed by atoms with E-state index in [1.54, 1.807) is 0 Å². The molecule has 6 nitrogen and oxygen atoms in total. The molecular weight excluding hydrogens is 288 g/mol. The number of nitrogens with one attached hydrogen (secondary N) is 2. The van der Waals surface area contributed by atoms with Gasteiger partial charge in [-0.2, -0.15) is 0 Å². The fourth-order valence-corrected chi connectivity index (χ4v) is 2.25. The predicted octanol–water partition coefficient (Wildman–Crippen LogP) is 2.50. The van der Waals surface area contributed by atoms with E-state index in [0.29, 0.717) is 11.8 Å². The Morgan fingerprint density at radius 1 is 1.33 bits per heavy atom. The number of carbonyl (C=O) groups excluding carboxylic acids is 1. The molecule has 0 fully saturated rings. The molecule has 7 heteroatoms. The fraction of sp³-hybridized carbons (Fsp3) is 0.357. The number of aromatic nitrogens is 3. The zero-order chi connectivity index (χ0) is 15.1. The quantitative estimate of drug-likeness (QED) is 0.768. The van der Waals surface area contributed by atoms with Crippen LogP contribution in [0, 0.1) is 0 Å². The van der Waals surface area contributed by atoms with Gasteiger partial charge in [-0.15, -0.1) is 5.10 Å². The monoisotopic (exact) mass is 306 g/mol. The molecule has 0 aliphatic carbocycles. The molecule has 0 atom stereocenters. The van der Waals surface area contributed by atoms with E-state index in [1.807, 2.05) is 38.1 Å². The predicted molar refractivity (Wildman–Crippen MR) is 82.7 cm³/mol. The maximum atomic E-state index is 11.8. The van der Waals surface area contributed by atoms with Gasteiger partial charge < -0.3 is 10.1 Å². The first-order valence-corrected chi connectivity index (χ1v) is 7.76. The Kier molecular flexibility index (Phi) is 5.62. The average Bonchev–Trinajstić information content (AvgIpc) is 2.96. The van der Waals surface area contributed by atoms with Crippen LogP contribution in [-0.4, -0.2) is 33.4 Å². The van der Waals surface area contributed by atoms with Gasteiger partial charge in [0.15, 0.2) is 0 Å².